The predicted molar refractivity (Wildman–Crippen MR) is 59.0 cm³/mol. The van der Waals surface area contributed by atoms with E-state index >= 15 is 0 Å². The Morgan fingerprint density at radius 1 is 1.00 bits per heavy atom. The lowest BCUT2D eigenvalue weighted by Crippen LogP contribution is -1.63. The molecule has 2 nitrogen and oxygen atoms in total. The van der Waals surface area contributed by atoms with Crippen molar-refractivity contribution in [2.45, 2.75) is 0 Å². The van der Waals surface area contributed by atoms with Crippen LogP contribution in [-0.2, 0) is 0 Å². The van der Waals surface area contributed by atoms with Gasteiger partial charge in [-0.05, 0) is 5.56 Å². The van der Waals surface area contributed by atoms with Crippen LogP contribution in [0.2, 0.25) is 0 Å². The van der Waals surface area contributed by atoms with Gasteiger partial charge in [-0.15, -0.1) is 13.2 Å². The van der Waals surface area contributed by atoms with Gasteiger partial charge in [0.1, 0.15) is 0 Å². The van der Waals surface area contributed by atoms with Gasteiger partial charge < -0.3 is 0 Å². The van der Waals surface area contributed by atoms with Crippen LogP contribution in [0.4, 0.5) is 0 Å². The van der Waals surface area contributed by atoms with Crippen LogP contribution in [-0.4, -0.2) is 0 Å². The minimum Gasteiger partial charge on any atom is -0.181 e. The second kappa shape index (κ2) is 13.3. The van der Waals surface area contributed by atoms with Crippen LogP contribution >= 0.6 is 0 Å². The maximum atomic E-state index is 7.26. The lowest BCUT2D eigenvalue weighted by atomic mass is 10.2. The highest BCUT2D eigenvalue weighted by atomic mass is 14.3. The van der Waals surface area contributed by atoms with Gasteiger partial charge in [0.15, 0.2) is 12.1 Å². The SMILES string of the molecule is C=C.C=Cc1ccccc1.N#CC#N. The molecule has 0 N–H and O–H groups in total. The van der Waals surface area contributed by atoms with Gasteiger partial charge in [0.05, 0.1) is 0 Å². The minimum absolute atomic E-state index is 1.17. The Labute approximate surface area is 85.0 Å². The predicted octanol–water partition coefficient (Wildman–Crippen LogP) is 3.17. The molecular weight excluding hydrogens is 172 g/mol. The van der Waals surface area contributed by atoms with Gasteiger partial charge in [0.25, 0.3) is 0 Å². The van der Waals surface area contributed by atoms with Crippen LogP contribution in [0.25, 0.3) is 6.08 Å². The van der Waals surface area contributed by atoms with E-state index in [1.54, 1.807) is 0 Å². The summed E-state index contributed by atoms with van der Waals surface area (Å²) in [4.78, 5) is 0. The van der Waals surface area contributed by atoms with Crippen molar-refractivity contribution in [2.75, 3.05) is 0 Å². The molecule has 0 fully saturated rings. The van der Waals surface area contributed by atoms with Crippen LogP contribution in [0.1, 0.15) is 5.56 Å². The number of benzene rings is 1. The average molecular weight is 184 g/mol. The van der Waals surface area contributed by atoms with Gasteiger partial charge in [-0.2, -0.15) is 10.5 Å². The second-order valence-electron chi connectivity index (χ2n) is 1.84. The molecule has 0 saturated heterocycles. The maximum absolute atomic E-state index is 7.26. The van der Waals surface area contributed by atoms with E-state index in [-0.39, 0.29) is 0 Å². The molecule has 0 aliphatic carbocycles. The molecule has 70 valence electrons. The average Bonchev–Trinajstić information content (AvgIpc) is 2.33. The second-order valence-corrected chi connectivity index (χ2v) is 1.84. The van der Waals surface area contributed by atoms with Gasteiger partial charge in [0, 0.05) is 0 Å². The van der Waals surface area contributed by atoms with Crippen LogP contribution in [0.5, 0.6) is 0 Å². The molecular formula is C12H12N2. The lowest BCUT2D eigenvalue weighted by Gasteiger charge is -1.85. The fourth-order valence-electron chi connectivity index (χ4n) is 0.589. The standard InChI is InChI=1S/C8H8.C2N2.C2H4/c1-2-8-6-4-3-5-7-8;3-1-2-4;1-2/h2-7H,1H2;;1-2H2. The van der Waals surface area contributed by atoms with E-state index in [0.29, 0.717) is 0 Å². The third kappa shape index (κ3) is 9.68. The summed E-state index contributed by atoms with van der Waals surface area (Å²) in [6.45, 7) is 9.63. The normalized spacial score (nSPS) is 5.86. The van der Waals surface area contributed by atoms with Gasteiger partial charge in [-0.1, -0.05) is 43.0 Å². The first-order valence-electron chi connectivity index (χ1n) is 3.80. The first kappa shape index (κ1) is 14.2. The molecule has 0 amide bonds. The summed E-state index contributed by atoms with van der Waals surface area (Å²) in [6.07, 6.45) is 1.83. The number of nitriles is 2. The monoisotopic (exact) mass is 184 g/mol. The third-order valence-corrected chi connectivity index (χ3v) is 1.09. The highest BCUT2D eigenvalue weighted by molar-refractivity contribution is 5.45. The van der Waals surface area contributed by atoms with Gasteiger partial charge >= 0.3 is 0 Å². The fourth-order valence-corrected chi connectivity index (χ4v) is 0.589. The maximum Gasteiger partial charge on any atom is 0.181 e. The summed E-state index contributed by atoms with van der Waals surface area (Å²) in [7, 11) is 0. The molecule has 14 heavy (non-hydrogen) atoms. The van der Waals surface area contributed by atoms with Crippen molar-refractivity contribution < 1.29 is 0 Å². The van der Waals surface area contributed by atoms with Crippen molar-refractivity contribution in [1.29, 1.82) is 10.5 Å². The molecule has 0 radical (unpaired) electrons. The number of nitrogens with zero attached hydrogens (tertiary/aromatic N) is 2. The highest BCUT2D eigenvalue weighted by Crippen LogP contribution is 1.97. The number of hydrogen-bond acceptors (Lipinski definition) is 2. The smallest absolute Gasteiger partial charge is 0.181 e. The molecule has 0 saturated carbocycles. The van der Waals surface area contributed by atoms with Gasteiger partial charge in [-0.3, -0.25) is 0 Å². The quantitative estimate of drug-likeness (QED) is 0.629. The van der Waals surface area contributed by atoms with Crippen LogP contribution in [0.15, 0.2) is 50.1 Å². The Hall–Kier alpha value is -2.32. The van der Waals surface area contributed by atoms with E-state index in [4.69, 9.17) is 10.5 Å². The highest BCUT2D eigenvalue weighted by Gasteiger charge is 1.75. The van der Waals surface area contributed by atoms with Crippen molar-refractivity contribution in [3.05, 3.63) is 55.6 Å². The molecule has 0 bridgehead atoms. The molecule has 0 unspecified atom stereocenters. The van der Waals surface area contributed by atoms with Crippen molar-refractivity contribution in [3.8, 4) is 12.1 Å². The van der Waals surface area contributed by atoms with Crippen LogP contribution in [0, 0.1) is 22.7 Å². The lowest BCUT2D eigenvalue weighted by molar-refractivity contribution is 1.49. The number of hydrogen-bond donors (Lipinski definition) is 0. The zero-order chi connectivity index (χ0) is 11.2. The Morgan fingerprint density at radius 2 is 1.43 bits per heavy atom. The van der Waals surface area contributed by atoms with Gasteiger partial charge in [-0.25, -0.2) is 0 Å². The van der Waals surface area contributed by atoms with E-state index in [1.807, 2.05) is 36.4 Å². The van der Waals surface area contributed by atoms with Crippen molar-refractivity contribution in [1.82, 2.24) is 0 Å². The minimum atomic E-state index is 1.17. The zero-order valence-corrected chi connectivity index (χ0v) is 7.98. The molecule has 1 aromatic rings. The Kier molecular flexibility index (Phi) is 13.5. The van der Waals surface area contributed by atoms with Crippen LogP contribution in [0.3, 0.4) is 0 Å². The molecule has 0 spiro atoms. The zero-order valence-electron chi connectivity index (χ0n) is 7.98. The summed E-state index contributed by atoms with van der Waals surface area (Å²) in [5.74, 6) is 0. The molecule has 0 atom stereocenters. The van der Waals surface area contributed by atoms with Gasteiger partial charge in [0.2, 0.25) is 0 Å². The van der Waals surface area contributed by atoms with Crippen molar-refractivity contribution >= 4 is 6.08 Å². The summed E-state index contributed by atoms with van der Waals surface area (Å²) >= 11 is 0. The topological polar surface area (TPSA) is 47.6 Å². The van der Waals surface area contributed by atoms with E-state index in [1.165, 1.54) is 17.7 Å². The van der Waals surface area contributed by atoms with E-state index < -0.39 is 0 Å². The van der Waals surface area contributed by atoms with E-state index in [9.17, 15) is 0 Å². The Balaban J connectivity index is 0. The van der Waals surface area contributed by atoms with E-state index in [0.717, 1.165) is 0 Å². The number of rotatable bonds is 1. The molecule has 1 rings (SSSR count). The molecule has 0 aromatic heterocycles. The molecule has 1 aromatic carbocycles. The summed E-state index contributed by atoms with van der Waals surface area (Å²) < 4.78 is 0. The Morgan fingerprint density at radius 3 is 1.64 bits per heavy atom. The molecule has 2 heteroatoms. The molecule has 0 aliphatic rings. The molecule has 0 heterocycles. The summed E-state index contributed by atoms with van der Waals surface area (Å²) in [5.41, 5.74) is 1.17. The Bertz CT molecular complexity index is 302. The van der Waals surface area contributed by atoms with E-state index in [2.05, 4.69) is 19.7 Å². The largest absolute Gasteiger partial charge is 0.181 e. The van der Waals surface area contributed by atoms with Crippen molar-refractivity contribution in [2.24, 2.45) is 0 Å². The summed E-state index contributed by atoms with van der Waals surface area (Å²) in [5, 5.41) is 14.5. The molecule has 0 aliphatic heterocycles. The summed E-state index contributed by atoms with van der Waals surface area (Å²) in [6, 6.07) is 12.5. The fraction of sp³-hybridized carbons (Fsp3) is 0. The van der Waals surface area contributed by atoms with Crippen LogP contribution < -0.4 is 0 Å². The van der Waals surface area contributed by atoms with Crippen molar-refractivity contribution in [3.63, 3.8) is 0 Å². The first-order valence-corrected chi connectivity index (χ1v) is 3.80. The first-order chi connectivity index (χ1) is 6.85. The third-order valence-electron chi connectivity index (χ3n) is 1.09.